The maximum Gasteiger partial charge on any atom is 0.280 e. The molecule has 0 aliphatic rings. The number of carbonyl (C=O) groups excluding carboxylic acids is 1. The maximum absolute atomic E-state index is 12.5. The van der Waals surface area contributed by atoms with Crippen molar-refractivity contribution in [1.29, 1.82) is 5.26 Å². The Balaban J connectivity index is 2.50. The van der Waals surface area contributed by atoms with Gasteiger partial charge in [0.15, 0.2) is 11.7 Å². The Morgan fingerprint density at radius 2 is 2.19 bits per heavy atom. The fraction of sp³-hybridized carbons (Fsp3) is 0.214. The van der Waals surface area contributed by atoms with Crippen molar-refractivity contribution in [2.75, 3.05) is 0 Å². The van der Waals surface area contributed by atoms with Crippen molar-refractivity contribution in [2.24, 2.45) is 0 Å². The molecule has 0 aliphatic heterocycles. The van der Waals surface area contributed by atoms with Gasteiger partial charge < -0.3 is 0 Å². The molecule has 0 saturated heterocycles. The molecule has 1 aromatic carbocycles. The molecule has 106 valence electrons. The summed E-state index contributed by atoms with van der Waals surface area (Å²) in [4.78, 5) is 27.1. The number of ketones is 1. The minimum absolute atomic E-state index is 0.0561. The predicted molar refractivity (Wildman–Crippen MR) is 77.4 cm³/mol. The monoisotopic (exact) mass is 301 g/mol. The van der Waals surface area contributed by atoms with Crippen LogP contribution in [0.2, 0.25) is 0 Å². The van der Waals surface area contributed by atoms with Crippen LogP contribution in [0.3, 0.4) is 0 Å². The van der Waals surface area contributed by atoms with Crippen molar-refractivity contribution < 1.29 is 9.72 Å². The normalized spacial score (nSPS) is 11.7. The van der Waals surface area contributed by atoms with Gasteiger partial charge in [0.2, 0.25) is 0 Å². The summed E-state index contributed by atoms with van der Waals surface area (Å²) >= 11 is 1.20. The molecule has 2 rings (SSSR count). The zero-order chi connectivity index (χ0) is 15.6. The molecule has 0 unspecified atom stereocenters. The Labute approximate surface area is 124 Å². The van der Waals surface area contributed by atoms with Crippen molar-refractivity contribution >= 4 is 22.8 Å². The topological polar surface area (TPSA) is 96.9 Å². The number of benzene rings is 1. The van der Waals surface area contributed by atoms with E-state index in [0.717, 1.165) is 5.56 Å². The molecule has 1 aromatic heterocycles. The summed E-state index contributed by atoms with van der Waals surface area (Å²) in [5, 5.41) is 22.4. The second kappa shape index (κ2) is 5.81. The Morgan fingerprint density at radius 3 is 2.71 bits per heavy atom. The molecular formula is C14H11N3O3S. The van der Waals surface area contributed by atoms with Crippen LogP contribution in [0.25, 0.3) is 0 Å². The molecule has 0 spiro atoms. The van der Waals surface area contributed by atoms with Crippen LogP contribution >= 0.6 is 11.3 Å². The van der Waals surface area contributed by atoms with E-state index in [4.69, 9.17) is 0 Å². The van der Waals surface area contributed by atoms with Crippen molar-refractivity contribution in [1.82, 2.24) is 4.98 Å². The number of aromatic nitrogens is 1. The molecule has 7 heteroatoms. The fourth-order valence-corrected chi connectivity index (χ4v) is 2.73. The number of nitrogens with zero attached hydrogens (tertiary/aromatic N) is 3. The van der Waals surface area contributed by atoms with Crippen molar-refractivity contribution in [3.63, 3.8) is 0 Å². The van der Waals surface area contributed by atoms with Crippen molar-refractivity contribution in [3.05, 3.63) is 55.5 Å². The van der Waals surface area contributed by atoms with Crippen LogP contribution in [-0.2, 0) is 0 Å². The molecule has 1 heterocycles. The molecular weight excluding hydrogens is 290 g/mol. The standard InChI is InChI=1S/C14H11N3O3S/c1-8-3-4-12(17(19)20)10(5-8)13(18)11(6-15)14-16-9(2)7-21-14/h3-5,7,11H,1-2H3/t11-/m0/s1. The number of thiazole rings is 1. The van der Waals surface area contributed by atoms with Gasteiger partial charge in [-0.05, 0) is 25.5 Å². The van der Waals surface area contributed by atoms with Crippen LogP contribution in [-0.4, -0.2) is 15.7 Å². The zero-order valence-corrected chi connectivity index (χ0v) is 12.2. The van der Waals surface area contributed by atoms with Crippen molar-refractivity contribution in [2.45, 2.75) is 19.8 Å². The number of nitriles is 1. The molecule has 0 saturated carbocycles. The second-order valence-corrected chi connectivity index (χ2v) is 5.42. The van der Waals surface area contributed by atoms with Crippen molar-refractivity contribution in [3.8, 4) is 6.07 Å². The molecule has 0 bridgehead atoms. The molecule has 1 atom stereocenters. The average molecular weight is 301 g/mol. The van der Waals surface area contributed by atoms with Crippen LogP contribution in [0, 0.1) is 35.3 Å². The van der Waals surface area contributed by atoms with Gasteiger partial charge >= 0.3 is 0 Å². The van der Waals surface area contributed by atoms with E-state index in [1.54, 1.807) is 25.3 Å². The highest BCUT2D eigenvalue weighted by atomic mass is 32.1. The highest BCUT2D eigenvalue weighted by molar-refractivity contribution is 7.10. The number of carbonyl (C=O) groups is 1. The summed E-state index contributed by atoms with van der Waals surface area (Å²) < 4.78 is 0. The minimum Gasteiger partial charge on any atom is -0.292 e. The van der Waals surface area contributed by atoms with E-state index in [9.17, 15) is 20.2 Å². The summed E-state index contributed by atoms with van der Waals surface area (Å²) in [5.74, 6) is -1.72. The van der Waals surface area contributed by atoms with Crippen LogP contribution < -0.4 is 0 Å². The van der Waals surface area contributed by atoms with Crippen LogP contribution in [0.1, 0.15) is 32.5 Å². The quantitative estimate of drug-likeness (QED) is 0.491. The predicted octanol–water partition coefficient (Wildman–Crippen LogP) is 3.16. The lowest BCUT2D eigenvalue weighted by atomic mass is 9.96. The third kappa shape index (κ3) is 2.95. The van der Waals surface area contributed by atoms with Gasteiger partial charge in [0, 0.05) is 17.1 Å². The lowest BCUT2D eigenvalue weighted by molar-refractivity contribution is -0.385. The van der Waals surface area contributed by atoms with Crippen LogP contribution in [0.5, 0.6) is 0 Å². The van der Waals surface area contributed by atoms with E-state index in [1.165, 1.54) is 23.5 Å². The highest BCUT2D eigenvalue weighted by Gasteiger charge is 2.30. The fourth-order valence-electron chi connectivity index (χ4n) is 1.89. The van der Waals surface area contributed by atoms with Gasteiger partial charge in [0.25, 0.3) is 5.69 Å². The lowest BCUT2D eigenvalue weighted by Gasteiger charge is -2.07. The lowest BCUT2D eigenvalue weighted by Crippen LogP contribution is -2.13. The Morgan fingerprint density at radius 1 is 1.48 bits per heavy atom. The second-order valence-electron chi connectivity index (χ2n) is 4.53. The van der Waals surface area contributed by atoms with Gasteiger partial charge in [-0.15, -0.1) is 11.3 Å². The van der Waals surface area contributed by atoms with Crippen LogP contribution in [0.15, 0.2) is 23.6 Å². The van der Waals surface area contributed by atoms with Gasteiger partial charge in [-0.1, -0.05) is 6.07 Å². The molecule has 0 radical (unpaired) electrons. The number of aryl methyl sites for hydroxylation is 2. The first-order chi connectivity index (χ1) is 9.93. The third-order valence-electron chi connectivity index (χ3n) is 2.89. The highest BCUT2D eigenvalue weighted by Crippen LogP contribution is 2.28. The summed E-state index contributed by atoms with van der Waals surface area (Å²) in [6, 6.07) is 6.17. The largest absolute Gasteiger partial charge is 0.292 e. The maximum atomic E-state index is 12.5. The molecule has 0 N–H and O–H groups in total. The Hall–Kier alpha value is -2.59. The molecule has 0 aliphatic carbocycles. The van der Waals surface area contributed by atoms with E-state index >= 15 is 0 Å². The van der Waals surface area contributed by atoms with Gasteiger partial charge in [0.1, 0.15) is 5.01 Å². The number of hydrogen-bond acceptors (Lipinski definition) is 6. The average Bonchev–Trinajstić information content (AvgIpc) is 2.85. The van der Waals surface area contributed by atoms with Gasteiger partial charge in [-0.2, -0.15) is 5.26 Å². The molecule has 2 aromatic rings. The number of rotatable bonds is 4. The smallest absolute Gasteiger partial charge is 0.280 e. The van der Waals surface area contributed by atoms with E-state index < -0.39 is 16.6 Å². The van der Waals surface area contributed by atoms with Gasteiger partial charge in [-0.25, -0.2) is 4.98 Å². The zero-order valence-electron chi connectivity index (χ0n) is 11.4. The first kappa shape index (κ1) is 14.8. The molecule has 0 fully saturated rings. The summed E-state index contributed by atoms with van der Waals surface area (Å²) in [5.41, 5.74) is 1.08. The van der Waals surface area contributed by atoms with Crippen LogP contribution in [0.4, 0.5) is 5.69 Å². The number of hydrogen-bond donors (Lipinski definition) is 0. The van der Waals surface area contributed by atoms with E-state index in [1.807, 2.05) is 6.07 Å². The third-order valence-corrected chi connectivity index (χ3v) is 3.92. The van der Waals surface area contributed by atoms with E-state index in [2.05, 4.69) is 4.98 Å². The summed E-state index contributed by atoms with van der Waals surface area (Å²) in [7, 11) is 0. The number of Topliss-reactive ketones (excluding diaryl/α,β-unsaturated/α-hetero) is 1. The molecule has 0 amide bonds. The van der Waals surface area contributed by atoms with E-state index in [-0.39, 0.29) is 11.3 Å². The summed E-state index contributed by atoms with van der Waals surface area (Å²) in [6.07, 6.45) is 0. The minimum atomic E-state index is -1.12. The first-order valence-corrected chi connectivity index (χ1v) is 6.93. The van der Waals surface area contributed by atoms with E-state index in [0.29, 0.717) is 10.7 Å². The summed E-state index contributed by atoms with van der Waals surface area (Å²) in [6.45, 7) is 3.49. The van der Waals surface area contributed by atoms with Gasteiger partial charge in [-0.3, -0.25) is 14.9 Å². The SMILES string of the molecule is Cc1ccc([N+](=O)[O-])c(C(=O)[C@H](C#N)c2nc(C)cs2)c1. The number of nitro groups is 1. The van der Waals surface area contributed by atoms with Gasteiger partial charge in [0.05, 0.1) is 16.6 Å². The Bertz CT molecular complexity index is 761. The molecule has 6 nitrogen and oxygen atoms in total. The Kier molecular flexibility index (Phi) is 4.10. The molecule has 21 heavy (non-hydrogen) atoms. The number of nitro benzene ring substituents is 1. The first-order valence-electron chi connectivity index (χ1n) is 6.05.